The second-order valence-electron chi connectivity index (χ2n) is 4.35. The molecule has 0 aliphatic heterocycles. The van der Waals surface area contributed by atoms with Gasteiger partial charge in [-0.2, -0.15) is 18.4 Å². The SMILES string of the molecule is CCn1ccnc1CNc1ccc(C(F)(F)F)cc1C#N. The molecule has 2 rings (SSSR count). The number of nitrogens with one attached hydrogen (secondary N) is 1. The summed E-state index contributed by atoms with van der Waals surface area (Å²) < 4.78 is 39.7. The van der Waals surface area contributed by atoms with Crippen molar-refractivity contribution in [1.29, 1.82) is 5.26 Å². The first kappa shape index (κ1) is 14.9. The van der Waals surface area contributed by atoms with E-state index in [9.17, 15) is 13.2 Å². The summed E-state index contributed by atoms with van der Waals surface area (Å²) in [6.07, 6.45) is -0.990. The predicted octanol–water partition coefficient (Wildman–Crippen LogP) is 3.41. The van der Waals surface area contributed by atoms with Gasteiger partial charge in [0.1, 0.15) is 11.9 Å². The molecule has 21 heavy (non-hydrogen) atoms. The Labute approximate surface area is 119 Å². The summed E-state index contributed by atoms with van der Waals surface area (Å²) in [5.74, 6) is 0.751. The van der Waals surface area contributed by atoms with E-state index in [1.807, 2.05) is 17.7 Å². The minimum Gasteiger partial charge on any atom is -0.377 e. The van der Waals surface area contributed by atoms with Gasteiger partial charge in [-0.05, 0) is 25.1 Å². The topological polar surface area (TPSA) is 53.6 Å². The highest BCUT2D eigenvalue weighted by molar-refractivity contribution is 5.59. The summed E-state index contributed by atoms with van der Waals surface area (Å²) in [5, 5.41) is 11.9. The standard InChI is InChI=1S/C14H13F3N4/c1-2-21-6-5-19-13(21)9-20-12-4-3-11(14(15,16)17)7-10(12)8-18/h3-7,20H,2,9H2,1H3. The van der Waals surface area contributed by atoms with E-state index < -0.39 is 11.7 Å². The Bertz CT molecular complexity index is 668. The molecule has 0 bridgehead atoms. The Morgan fingerprint density at radius 3 is 2.76 bits per heavy atom. The highest BCUT2D eigenvalue weighted by Gasteiger charge is 2.31. The van der Waals surface area contributed by atoms with E-state index in [4.69, 9.17) is 5.26 Å². The van der Waals surface area contributed by atoms with Crippen LogP contribution in [0.15, 0.2) is 30.6 Å². The molecule has 0 fully saturated rings. The van der Waals surface area contributed by atoms with Crippen molar-refractivity contribution in [3.05, 3.63) is 47.5 Å². The van der Waals surface area contributed by atoms with Crippen LogP contribution in [0.3, 0.4) is 0 Å². The molecule has 2 aromatic rings. The Hall–Kier alpha value is -2.49. The molecule has 0 atom stereocenters. The molecule has 0 unspecified atom stereocenters. The number of imidazole rings is 1. The summed E-state index contributed by atoms with van der Waals surface area (Å²) in [6, 6.07) is 4.84. The van der Waals surface area contributed by atoms with Gasteiger partial charge in [-0.15, -0.1) is 0 Å². The second-order valence-corrected chi connectivity index (χ2v) is 4.35. The monoisotopic (exact) mass is 294 g/mol. The smallest absolute Gasteiger partial charge is 0.377 e. The third-order valence-electron chi connectivity index (χ3n) is 3.05. The Balaban J connectivity index is 2.19. The van der Waals surface area contributed by atoms with Crippen LogP contribution in [0, 0.1) is 11.3 Å². The van der Waals surface area contributed by atoms with Crippen LogP contribution in [-0.2, 0) is 19.3 Å². The number of aromatic nitrogens is 2. The van der Waals surface area contributed by atoms with E-state index in [2.05, 4.69) is 10.3 Å². The summed E-state index contributed by atoms with van der Waals surface area (Å²) in [7, 11) is 0. The van der Waals surface area contributed by atoms with Crippen molar-refractivity contribution in [2.75, 3.05) is 5.32 Å². The zero-order valence-electron chi connectivity index (χ0n) is 11.3. The largest absolute Gasteiger partial charge is 0.416 e. The van der Waals surface area contributed by atoms with Crippen LogP contribution in [0.4, 0.5) is 18.9 Å². The van der Waals surface area contributed by atoms with Crippen molar-refractivity contribution >= 4 is 5.69 Å². The van der Waals surface area contributed by atoms with Crippen LogP contribution in [-0.4, -0.2) is 9.55 Å². The van der Waals surface area contributed by atoms with Crippen molar-refractivity contribution in [2.24, 2.45) is 0 Å². The number of hydrogen-bond donors (Lipinski definition) is 1. The maximum absolute atomic E-state index is 12.6. The van der Waals surface area contributed by atoms with Crippen LogP contribution < -0.4 is 5.32 Å². The molecule has 1 N–H and O–H groups in total. The second kappa shape index (κ2) is 5.87. The van der Waals surface area contributed by atoms with Gasteiger partial charge in [0.05, 0.1) is 23.4 Å². The Morgan fingerprint density at radius 2 is 2.14 bits per heavy atom. The van der Waals surface area contributed by atoms with Crippen LogP contribution in [0.1, 0.15) is 23.9 Å². The zero-order valence-corrected chi connectivity index (χ0v) is 11.3. The van der Waals surface area contributed by atoms with Gasteiger partial charge in [0.25, 0.3) is 0 Å². The molecule has 1 aromatic heterocycles. The fourth-order valence-electron chi connectivity index (χ4n) is 1.94. The molecular formula is C14H13F3N4. The quantitative estimate of drug-likeness (QED) is 0.940. The van der Waals surface area contributed by atoms with E-state index in [0.29, 0.717) is 12.2 Å². The number of rotatable bonds is 4. The first-order valence-corrected chi connectivity index (χ1v) is 6.31. The van der Waals surface area contributed by atoms with E-state index >= 15 is 0 Å². The van der Waals surface area contributed by atoms with Gasteiger partial charge in [-0.25, -0.2) is 4.98 Å². The number of anilines is 1. The summed E-state index contributed by atoms with van der Waals surface area (Å²) in [5.41, 5.74) is -0.518. The average molecular weight is 294 g/mol. The number of hydrogen-bond acceptors (Lipinski definition) is 3. The number of aryl methyl sites for hydroxylation is 1. The van der Waals surface area contributed by atoms with Crippen molar-refractivity contribution < 1.29 is 13.2 Å². The minimum absolute atomic E-state index is 0.0422. The lowest BCUT2D eigenvalue weighted by Gasteiger charge is -2.12. The zero-order chi connectivity index (χ0) is 15.5. The van der Waals surface area contributed by atoms with Crippen molar-refractivity contribution in [3.8, 4) is 6.07 Å². The predicted molar refractivity (Wildman–Crippen MR) is 71.4 cm³/mol. The number of nitrogens with zero attached hydrogens (tertiary/aromatic N) is 3. The lowest BCUT2D eigenvalue weighted by atomic mass is 10.1. The normalized spacial score (nSPS) is 11.2. The molecule has 0 saturated carbocycles. The fraction of sp³-hybridized carbons (Fsp3) is 0.286. The molecule has 110 valence electrons. The van der Waals surface area contributed by atoms with Crippen molar-refractivity contribution in [3.63, 3.8) is 0 Å². The maximum atomic E-state index is 12.6. The maximum Gasteiger partial charge on any atom is 0.416 e. The van der Waals surface area contributed by atoms with Gasteiger partial charge in [0, 0.05) is 18.9 Å². The third kappa shape index (κ3) is 3.34. The summed E-state index contributed by atoms with van der Waals surface area (Å²) in [6.45, 7) is 3.04. The summed E-state index contributed by atoms with van der Waals surface area (Å²) in [4.78, 5) is 4.15. The molecular weight excluding hydrogens is 281 g/mol. The van der Waals surface area contributed by atoms with E-state index in [-0.39, 0.29) is 5.56 Å². The fourth-order valence-corrected chi connectivity index (χ4v) is 1.94. The Kier molecular flexibility index (Phi) is 4.17. The highest BCUT2D eigenvalue weighted by atomic mass is 19.4. The lowest BCUT2D eigenvalue weighted by Crippen LogP contribution is -2.10. The molecule has 1 heterocycles. The van der Waals surface area contributed by atoms with Gasteiger partial charge >= 0.3 is 6.18 Å². The molecule has 1 aromatic carbocycles. The first-order valence-electron chi connectivity index (χ1n) is 6.31. The van der Waals surface area contributed by atoms with Gasteiger partial charge in [0.15, 0.2) is 0 Å². The number of benzene rings is 1. The minimum atomic E-state index is -4.46. The van der Waals surface area contributed by atoms with Gasteiger partial charge < -0.3 is 9.88 Å². The Morgan fingerprint density at radius 1 is 1.38 bits per heavy atom. The van der Waals surface area contributed by atoms with Crippen LogP contribution >= 0.6 is 0 Å². The molecule has 0 radical (unpaired) electrons. The number of nitriles is 1. The molecule has 0 aliphatic carbocycles. The van der Waals surface area contributed by atoms with Crippen LogP contribution in [0.5, 0.6) is 0 Å². The first-order chi connectivity index (χ1) is 9.95. The van der Waals surface area contributed by atoms with Gasteiger partial charge in [0.2, 0.25) is 0 Å². The average Bonchev–Trinajstić information content (AvgIpc) is 2.91. The van der Waals surface area contributed by atoms with Crippen LogP contribution in [0.25, 0.3) is 0 Å². The molecule has 0 aliphatic rings. The summed E-state index contributed by atoms with van der Waals surface area (Å²) >= 11 is 0. The van der Waals surface area contributed by atoms with Gasteiger partial charge in [-0.3, -0.25) is 0 Å². The van der Waals surface area contributed by atoms with Gasteiger partial charge in [-0.1, -0.05) is 0 Å². The molecule has 0 saturated heterocycles. The molecule has 0 spiro atoms. The molecule has 7 heteroatoms. The van der Waals surface area contributed by atoms with E-state index in [1.165, 1.54) is 6.07 Å². The number of alkyl halides is 3. The molecule has 0 amide bonds. The molecule has 4 nitrogen and oxygen atoms in total. The van der Waals surface area contributed by atoms with E-state index in [1.54, 1.807) is 12.3 Å². The third-order valence-corrected chi connectivity index (χ3v) is 3.05. The van der Waals surface area contributed by atoms with E-state index in [0.717, 1.165) is 24.5 Å². The van der Waals surface area contributed by atoms with Crippen molar-refractivity contribution in [2.45, 2.75) is 26.2 Å². The van der Waals surface area contributed by atoms with Crippen molar-refractivity contribution in [1.82, 2.24) is 9.55 Å². The number of halogens is 3. The van der Waals surface area contributed by atoms with Crippen LogP contribution in [0.2, 0.25) is 0 Å². The lowest BCUT2D eigenvalue weighted by molar-refractivity contribution is -0.137. The highest BCUT2D eigenvalue weighted by Crippen LogP contribution is 2.31.